The molecule has 0 saturated heterocycles. The zero-order valence-electron chi connectivity index (χ0n) is 14.1. The molecule has 6 nitrogen and oxygen atoms in total. The highest BCUT2D eigenvalue weighted by Crippen LogP contribution is 2.36. The molecule has 10 heteroatoms. The summed E-state index contributed by atoms with van der Waals surface area (Å²) in [6, 6.07) is 9.54. The van der Waals surface area contributed by atoms with Crippen LogP contribution in [-0.4, -0.2) is 15.0 Å². The molecule has 0 bridgehead atoms. The summed E-state index contributed by atoms with van der Waals surface area (Å²) in [5.41, 5.74) is 12.8. The van der Waals surface area contributed by atoms with Crippen molar-refractivity contribution in [1.82, 2.24) is 15.0 Å². The third-order valence-electron chi connectivity index (χ3n) is 3.86. The topological polar surface area (TPSA) is 99.9 Å². The van der Waals surface area contributed by atoms with E-state index >= 15 is 0 Å². The fourth-order valence-electron chi connectivity index (χ4n) is 2.61. The number of halogens is 3. The number of hydrogen-bond acceptors (Lipinski definition) is 7. The van der Waals surface area contributed by atoms with Crippen LogP contribution in [0.5, 0.6) is 11.6 Å². The van der Waals surface area contributed by atoms with E-state index in [1.807, 2.05) is 0 Å². The van der Waals surface area contributed by atoms with Crippen molar-refractivity contribution in [2.75, 3.05) is 11.5 Å². The molecule has 0 spiro atoms. The lowest BCUT2D eigenvalue weighted by molar-refractivity contribution is -0.137. The summed E-state index contributed by atoms with van der Waals surface area (Å²) in [6.45, 7) is 0. The molecule has 0 atom stereocenters. The number of nitrogens with two attached hydrogens (primary N) is 2. The van der Waals surface area contributed by atoms with Crippen LogP contribution in [0.15, 0.2) is 48.8 Å². The minimum Gasteiger partial charge on any atom is -0.436 e. The summed E-state index contributed by atoms with van der Waals surface area (Å²) in [7, 11) is 0. The summed E-state index contributed by atoms with van der Waals surface area (Å²) >= 11 is 1.28. The Bertz CT molecular complexity index is 1160. The van der Waals surface area contributed by atoms with Crippen molar-refractivity contribution in [3.8, 4) is 22.9 Å². The van der Waals surface area contributed by atoms with Gasteiger partial charge in [-0.3, -0.25) is 0 Å². The molecule has 0 saturated carbocycles. The lowest BCUT2D eigenvalue weighted by atomic mass is 10.1. The molecule has 4 N–H and O–H groups in total. The maximum atomic E-state index is 12.7. The SMILES string of the molecule is Nc1cc(Oc2cc(-c3ccc(C(F)(F)F)cc3)ncn2)c2nc(N)sc2c1. The van der Waals surface area contributed by atoms with Gasteiger partial charge in [-0.15, -0.1) is 0 Å². The van der Waals surface area contributed by atoms with Crippen LogP contribution in [0.3, 0.4) is 0 Å². The fraction of sp³-hybridized carbons (Fsp3) is 0.0556. The molecule has 0 unspecified atom stereocenters. The van der Waals surface area contributed by atoms with Crippen molar-refractivity contribution in [1.29, 1.82) is 0 Å². The van der Waals surface area contributed by atoms with E-state index in [0.717, 1.165) is 16.8 Å². The molecule has 0 radical (unpaired) electrons. The van der Waals surface area contributed by atoms with E-state index in [1.165, 1.54) is 35.9 Å². The van der Waals surface area contributed by atoms with Crippen molar-refractivity contribution < 1.29 is 17.9 Å². The molecule has 2 heterocycles. The Morgan fingerprint density at radius 1 is 0.964 bits per heavy atom. The fourth-order valence-corrected chi connectivity index (χ4v) is 3.41. The Labute approximate surface area is 160 Å². The van der Waals surface area contributed by atoms with Crippen LogP contribution in [0.1, 0.15) is 5.56 Å². The Morgan fingerprint density at radius 3 is 2.43 bits per heavy atom. The minimum absolute atomic E-state index is 0.198. The summed E-state index contributed by atoms with van der Waals surface area (Å²) in [5, 5.41) is 0.374. The van der Waals surface area contributed by atoms with E-state index in [-0.39, 0.29) is 5.88 Å². The number of nitrogens with zero attached hydrogens (tertiary/aromatic N) is 3. The van der Waals surface area contributed by atoms with Gasteiger partial charge in [0.2, 0.25) is 5.88 Å². The molecule has 4 aromatic rings. The molecule has 28 heavy (non-hydrogen) atoms. The Kier molecular flexibility index (Phi) is 4.27. The average molecular weight is 403 g/mol. The number of rotatable bonds is 3. The van der Waals surface area contributed by atoms with E-state index in [4.69, 9.17) is 16.2 Å². The number of aromatic nitrogens is 3. The predicted molar refractivity (Wildman–Crippen MR) is 101 cm³/mol. The Balaban J connectivity index is 1.67. The number of ether oxygens (including phenoxy) is 1. The first kappa shape index (κ1) is 18.0. The number of alkyl halides is 3. The summed E-state index contributed by atoms with van der Waals surface area (Å²) in [6.07, 6.45) is -3.13. The molecule has 142 valence electrons. The molecular formula is C18H12F3N5OS. The van der Waals surface area contributed by atoms with Crippen LogP contribution >= 0.6 is 11.3 Å². The van der Waals surface area contributed by atoms with E-state index < -0.39 is 11.7 Å². The first-order valence-corrected chi connectivity index (χ1v) is 8.74. The first-order chi connectivity index (χ1) is 13.3. The molecule has 4 rings (SSSR count). The first-order valence-electron chi connectivity index (χ1n) is 7.93. The van der Waals surface area contributed by atoms with E-state index in [1.54, 1.807) is 12.1 Å². The highest BCUT2D eigenvalue weighted by Gasteiger charge is 2.30. The molecular weight excluding hydrogens is 391 g/mol. The largest absolute Gasteiger partial charge is 0.436 e. The van der Waals surface area contributed by atoms with Crippen LogP contribution in [0, 0.1) is 0 Å². The summed E-state index contributed by atoms with van der Waals surface area (Å²) in [4.78, 5) is 12.4. The van der Waals surface area contributed by atoms with Gasteiger partial charge < -0.3 is 16.2 Å². The lowest BCUT2D eigenvalue weighted by Crippen LogP contribution is -2.04. The lowest BCUT2D eigenvalue weighted by Gasteiger charge is -2.09. The maximum Gasteiger partial charge on any atom is 0.416 e. The standard InChI is InChI=1S/C18H12F3N5OS/c19-18(20,21)10-3-1-9(2-4-10)12-7-15(25-8-24-12)27-13-5-11(22)6-14-16(13)26-17(23)28-14/h1-8H,22H2,(H2,23,26). The van der Waals surface area contributed by atoms with Gasteiger partial charge in [0.1, 0.15) is 11.8 Å². The predicted octanol–water partition coefficient (Wildman–Crippen LogP) is 4.73. The Morgan fingerprint density at radius 2 is 1.71 bits per heavy atom. The Hall–Kier alpha value is -3.40. The van der Waals surface area contributed by atoms with Crippen LogP contribution in [0.2, 0.25) is 0 Å². The average Bonchev–Trinajstić information content (AvgIpc) is 3.01. The van der Waals surface area contributed by atoms with E-state index in [0.29, 0.717) is 33.3 Å². The van der Waals surface area contributed by atoms with Gasteiger partial charge in [0, 0.05) is 23.4 Å². The van der Waals surface area contributed by atoms with Crippen LogP contribution in [0.25, 0.3) is 21.5 Å². The van der Waals surface area contributed by atoms with Crippen LogP contribution in [0.4, 0.5) is 24.0 Å². The number of hydrogen-bond donors (Lipinski definition) is 2. The number of nitrogen functional groups attached to an aromatic ring is 2. The molecule has 0 amide bonds. The third kappa shape index (κ3) is 3.54. The molecule has 2 aromatic heterocycles. The number of anilines is 2. The van der Waals surface area contributed by atoms with Crippen molar-refractivity contribution >= 4 is 32.4 Å². The molecule has 2 aromatic carbocycles. The van der Waals surface area contributed by atoms with Crippen molar-refractivity contribution in [3.05, 3.63) is 54.4 Å². The van der Waals surface area contributed by atoms with Crippen LogP contribution in [-0.2, 0) is 6.18 Å². The second kappa shape index (κ2) is 6.64. The number of fused-ring (bicyclic) bond motifs is 1. The highest BCUT2D eigenvalue weighted by molar-refractivity contribution is 7.22. The summed E-state index contributed by atoms with van der Waals surface area (Å²) in [5.74, 6) is 0.573. The van der Waals surface area contributed by atoms with Gasteiger partial charge in [0.15, 0.2) is 10.9 Å². The molecule has 0 aliphatic carbocycles. The van der Waals surface area contributed by atoms with Gasteiger partial charge in [0.25, 0.3) is 0 Å². The smallest absolute Gasteiger partial charge is 0.416 e. The second-order valence-corrected chi connectivity index (χ2v) is 6.90. The quantitative estimate of drug-likeness (QED) is 0.480. The van der Waals surface area contributed by atoms with E-state index in [2.05, 4.69) is 15.0 Å². The van der Waals surface area contributed by atoms with Gasteiger partial charge in [0.05, 0.1) is 16.0 Å². The molecule has 0 aliphatic rings. The monoisotopic (exact) mass is 403 g/mol. The van der Waals surface area contributed by atoms with Gasteiger partial charge in [-0.1, -0.05) is 23.5 Å². The highest BCUT2D eigenvalue weighted by atomic mass is 32.1. The van der Waals surface area contributed by atoms with Crippen molar-refractivity contribution in [2.45, 2.75) is 6.18 Å². The zero-order chi connectivity index (χ0) is 19.9. The van der Waals surface area contributed by atoms with Gasteiger partial charge in [-0.2, -0.15) is 13.2 Å². The normalized spacial score (nSPS) is 11.7. The van der Waals surface area contributed by atoms with Crippen LogP contribution < -0.4 is 16.2 Å². The maximum absolute atomic E-state index is 12.7. The second-order valence-electron chi connectivity index (χ2n) is 5.84. The minimum atomic E-state index is -4.40. The third-order valence-corrected chi connectivity index (χ3v) is 4.69. The molecule has 0 aliphatic heterocycles. The van der Waals surface area contributed by atoms with Gasteiger partial charge in [-0.05, 0) is 18.2 Å². The van der Waals surface area contributed by atoms with E-state index in [9.17, 15) is 13.2 Å². The van der Waals surface area contributed by atoms with Gasteiger partial charge in [-0.25, -0.2) is 15.0 Å². The van der Waals surface area contributed by atoms with Crippen molar-refractivity contribution in [2.24, 2.45) is 0 Å². The molecule has 0 fully saturated rings. The number of thiazole rings is 1. The number of benzene rings is 2. The van der Waals surface area contributed by atoms with Gasteiger partial charge >= 0.3 is 6.18 Å². The van der Waals surface area contributed by atoms with Crippen molar-refractivity contribution in [3.63, 3.8) is 0 Å². The zero-order valence-corrected chi connectivity index (χ0v) is 14.9. The summed E-state index contributed by atoms with van der Waals surface area (Å²) < 4.78 is 44.7.